The smallest absolute Gasteiger partial charge is 0.420 e. The number of rotatable bonds is 8. The third kappa shape index (κ3) is 6.04. The lowest BCUT2D eigenvalue weighted by atomic mass is 10.1. The molecule has 1 saturated carbocycles. The molecule has 0 bridgehead atoms. The molecule has 0 unspecified atom stereocenters. The van der Waals surface area contributed by atoms with Gasteiger partial charge in [-0.2, -0.15) is 25.9 Å². The van der Waals surface area contributed by atoms with Crippen molar-refractivity contribution < 1.29 is 52.5 Å². The number of hydrogen-bond acceptors (Lipinski definition) is 6. The monoisotopic (exact) mass is 616 g/mol. The molecular weight excluding hydrogens is 590 g/mol. The van der Waals surface area contributed by atoms with Crippen molar-refractivity contribution in [1.82, 2.24) is 4.31 Å². The van der Waals surface area contributed by atoms with Crippen molar-refractivity contribution in [1.29, 1.82) is 0 Å². The fourth-order valence-corrected chi connectivity index (χ4v) is 6.86. The Hall–Kier alpha value is -2.56. The van der Waals surface area contributed by atoms with Gasteiger partial charge in [0.05, 0.1) is 11.3 Å². The minimum atomic E-state index is -5.10. The van der Waals surface area contributed by atoms with E-state index in [-0.39, 0.29) is 31.5 Å². The minimum Gasteiger partial charge on any atom is -0.491 e. The van der Waals surface area contributed by atoms with Crippen LogP contribution in [-0.4, -0.2) is 62.6 Å². The van der Waals surface area contributed by atoms with Gasteiger partial charge in [-0.3, -0.25) is 4.55 Å². The van der Waals surface area contributed by atoms with E-state index in [9.17, 15) is 47.7 Å². The Morgan fingerprint density at radius 3 is 2.20 bits per heavy atom. The summed E-state index contributed by atoms with van der Waals surface area (Å²) in [6.07, 6.45) is -6.30. The van der Waals surface area contributed by atoms with Crippen LogP contribution in [0.1, 0.15) is 38.2 Å². The van der Waals surface area contributed by atoms with Gasteiger partial charge in [0.2, 0.25) is 15.9 Å². The first kappa shape index (κ1) is 30.4. The van der Waals surface area contributed by atoms with Crippen molar-refractivity contribution in [2.45, 2.75) is 60.4 Å². The average Bonchev–Trinajstić information content (AvgIpc) is 3.63. The Balaban J connectivity index is 1.89. The molecule has 0 amide bonds. The molecule has 0 radical (unpaired) electrons. The summed E-state index contributed by atoms with van der Waals surface area (Å²) in [5.74, 6) is -4.81. The Morgan fingerprint density at radius 2 is 1.70 bits per heavy atom. The molecule has 8 nitrogen and oxygen atoms in total. The molecule has 0 spiro atoms. The highest BCUT2D eigenvalue weighted by Crippen LogP contribution is 2.48. The van der Waals surface area contributed by atoms with Crippen molar-refractivity contribution in [2.75, 3.05) is 25.1 Å². The number of sulfonamides is 1. The summed E-state index contributed by atoms with van der Waals surface area (Å²) < 4.78 is 148. The Kier molecular flexibility index (Phi) is 7.65. The number of nitrogens with zero attached hydrogens (tertiary/aromatic N) is 2. The van der Waals surface area contributed by atoms with E-state index in [1.807, 2.05) is 0 Å². The van der Waals surface area contributed by atoms with Crippen molar-refractivity contribution in [3.8, 4) is 5.75 Å². The van der Waals surface area contributed by atoms with E-state index >= 15 is 0 Å². The molecule has 0 saturated heterocycles. The van der Waals surface area contributed by atoms with Gasteiger partial charge >= 0.3 is 6.18 Å². The summed E-state index contributed by atoms with van der Waals surface area (Å²) in [6, 6.07) is 4.45. The number of halogens is 6. The molecule has 0 aromatic heterocycles. The van der Waals surface area contributed by atoms with Gasteiger partial charge in [0.15, 0.2) is 0 Å². The second-order valence-electron chi connectivity index (χ2n) is 10.1. The van der Waals surface area contributed by atoms with Crippen LogP contribution < -0.4 is 9.64 Å². The minimum absolute atomic E-state index is 0.0682. The summed E-state index contributed by atoms with van der Waals surface area (Å²) in [4.78, 5) is 0.512. The molecule has 222 valence electrons. The SMILES string of the molecule is CN1[C@H](CCC(C)(F)F)CN(c2ccc(F)cc2)c2cc(C(F)(F)F)c(OCC3(S(=O)(=O)O)CC3)cc2S1(=O)=O. The van der Waals surface area contributed by atoms with E-state index in [2.05, 4.69) is 0 Å². The zero-order valence-corrected chi connectivity index (χ0v) is 22.9. The van der Waals surface area contributed by atoms with Gasteiger partial charge in [-0.05, 0) is 56.5 Å². The van der Waals surface area contributed by atoms with Crippen LogP contribution in [0.4, 0.5) is 37.7 Å². The summed E-state index contributed by atoms with van der Waals surface area (Å²) in [7, 11) is -8.18. The van der Waals surface area contributed by atoms with Crippen molar-refractivity contribution >= 4 is 31.5 Å². The van der Waals surface area contributed by atoms with Crippen LogP contribution in [-0.2, 0) is 26.3 Å². The number of anilines is 2. The maximum Gasteiger partial charge on any atom is 0.420 e. The van der Waals surface area contributed by atoms with Crippen molar-refractivity contribution in [3.05, 3.63) is 47.8 Å². The lowest BCUT2D eigenvalue weighted by Crippen LogP contribution is -2.41. The van der Waals surface area contributed by atoms with Gasteiger partial charge in [-0.1, -0.05) is 0 Å². The zero-order valence-electron chi connectivity index (χ0n) is 21.3. The van der Waals surface area contributed by atoms with Crippen molar-refractivity contribution in [3.63, 3.8) is 0 Å². The lowest BCUT2D eigenvalue weighted by molar-refractivity contribution is -0.139. The highest BCUT2D eigenvalue weighted by atomic mass is 32.2. The average molecular weight is 617 g/mol. The van der Waals surface area contributed by atoms with Crippen LogP contribution in [0.25, 0.3) is 0 Å². The topological polar surface area (TPSA) is 104 Å². The predicted octanol–water partition coefficient (Wildman–Crippen LogP) is 5.22. The van der Waals surface area contributed by atoms with Gasteiger partial charge in [0.25, 0.3) is 10.1 Å². The molecule has 1 atom stereocenters. The number of benzene rings is 2. The van der Waals surface area contributed by atoms with E-state index in [0.717, 1.165) is 23.5 Å². The summed E-state index contributed by atoms with van der Waals surface area (Å²) in [5.41, 5.74) is -1.78. The first-order valence-corrected chi connectivity index (χ1v) is 14.9. The quantitative estimate of drug-likeness (QED) is 0.321. The number of hydrogen-bond donors (Lipinski definition) is 1. The highest BCUT2D eigenvalue weighted by Gasteiger charge is 2.55. The van der Waals surface area contributed by atoms with E-state index in [1.54, 1.807) is 0 Å². The van der Waals surface area contributed by atoms with Crippen molar-refractivity contribution in [2.24, 2.45) is 0 Å². The number of ether oxygens (including phenoxy) is 1. The van der Waals surface area contributed by atoms with Crippen LogP contribution in [0.3, 0.4) is 0 Å². The van der Waals surface area contributed by atoms with E-state index in [4.69, 9.17) is 4.74 Å². The highest BCUT2D eigenvalue weighted by molar-refractivity contribution is 7.89. The number of alkyl halides is 5. The molecule has 2 aliphatic rings. The molecule has 4 rings (SSSR count). The Morgan fingerprint density at radius 1 is 1.10 bits per heavy atom. The maximum atomic E-state index is 14.2. The van der Waals surface area contributed by atoms with Gasteiger partial charge in [0.1, 0.15) is 27.8 Å². The third-order valence-electron chi connectivity index (χ3n) is 7.12. The second kappa shape index (κ2) is 10.1. The van der Waals surface area contributed by atoms with Crippen LogP contribution in [0.15, 0.2) is 41.3 Å². The summed E-state index contributed by atoms with van der Waals surface area (Å²) >= 11 is 0. The molecule has 1 aliphatic carbocycles. The molecule has 2 aromatic rings. The summed E-state index contributed by atoms with van der Waals surface area (Å²) in [6.45, 7) is -0.545. The first-order valence-electron chi connectivity index (χ1n) is 12.0. The van der Waals surface area contributed by atoms with Crippen LogP contribution >= 0.6 is 0 Å². The van der Waals surface area contributed by atoms with Gasteiger partial charge in [0, 0.05) is 37.8 Å². The van der Waals surface area contributed by atoms with Gasteiger partial charge < -0.3 is 9.64 Å². The van der Waals surface area contributed by atoms with Gasteiger partial charge in [-0.15, -0.1) is 0 Å². The fraction of sp³-hybridized carbons (Fsp3) is 0.500. The van der Waals surface area contributed by atoms with E-state index < -0.39 is 83.8 Å². The van der Waals surface area contributed by atoms with Crippen LogP contribution in [0, 0.1) is 5.82 Å². The fourth-order valence-electron chi connectivity index (χ4n) is 4.47. The molecule has 1 fully saturated rings. The first-order chi connectivity index (χ1) is 18.3. The largest absolute Gasteiger partial charge is 0.491 e. The Labute approximate surface area is 227 Å². The second-order valence-corrected chi connectivity index (χ2v) is 13.9. The molecule has 1 heterocycles. The number of likely N-dealkylation sites (N-methyl/N-ethyl adjacent to an activating group) is 1. The lowest BCUT2D eigenvalue weighted by Gasteiger charge is -2.30. The summed E-state index contributed by atoms with van der Waals surface area (Å²) in [5, 5.41) is 0. The van der Waals surface area contributed by atoms with E-state index in [0.29, 0.717) is 19.1 Å². The van der Waals surface area contributed by atoms with Crippen LogP contribution in [0.5, 0.6) is 5.75 Å². The van der Waals surface area contributed by atoms with Crippen LogP contribution in [0.2, 0.25) is 0 Å². The Bertz CT molecular complexity index is 1490. The molecular formula is C24H26F6N2O6S2. The molecule has 2 aromatic carbocycles. The predicted molar refractivity (Wildman–Crippen MR) is 132 cm³/mol. The normalized spacial score (nSPS) is 21.0. The molecule has 1 aliphatic heterocycles. The molecule has 1 N–H and O–H groups in total. The standard InChI is InChI=1S/C24H26F6N2O6S2/c1-22(26,27)8-7-17-13-32(16-5-3-15(25)4-6-16)19-11-18(24(28,29)30)20(12-21(19)39(33,34)31(17)2)38-14-23(9-10-23)40(35,36)37/h3-6,11-12,17H,7-10,13-14H2,1-2H3,(H,35,36,37)/t17-/m1/s1. The van der Waals surface area contributed by atoms with E-state index in [1.165, 1.54) is 17.0 Å². The third-order valence-corrected chi connectivity index (χ3v) is 10.7. The van der Waals surface area contributed by atoms with Gasteiger partial charge in [-0.25, -0.2) is 21.6 Å². The molecule has 16 heteroatoms. The zero-order chi connectivity index (χ0) is 29.9. The number of fused-ring (bicyclic) bond motifs is 1. The maximum absolute atomic E-state index is 14.2. The molecule has 40 heavy (non-hydrogen) atoms.